The van der Waals surface area contributed by atoms with Crippen LogP contribution in [0.15, 0.2) is 42.5 Å². The first-order valence-corrected chi connectivity index (χ1v) is 10.6. The van der Waals surface area contributed by atoms with Crippen LogP contribution in [-0.2, 0) is 19.1 Å². The predicted molar refractivity (Wildman–Crippen MR) is 113 cm³/mol. The van der Waals surface area contributed by atoms with Gasteiger partial charge in [0.25, 0.3) is 0 Å². The average Bonchev–Trinajstić information content (AvgIpc) is 2.74. The highest BCUT2D eigenvalue weighted by atomic mass is 16.5. The predicted octanol–water partition coefficient (Wildman–Crippen LogP) is 2.41. The molecule has 0 aliphatic carbocycles. The highest BCUT2D eigenvalue weighted by molar-refractivity contribution is 5.86. The minimum absolute atomic E-state index is 0.0241. The number of nitrogens with one attached hydrogen (secondary N) is 2. The summed E-state index contributed by atoms with van der Waals surface area (Å²) in [4.78, 5) is 37.3. The Labute approximate surface area is 177 Å². The quantitative estimate of drug-likeness (QED) is 0.505. The molecule has 2 rings (SSSR count). The van der Waals surface area contributed by atoms with Gasteiger partial charge in [0.2, 0.25) is 11.8 Å². The number of benzene rings is 1. The van der Waals surface area contributed by atoms with E-state index in [-0.39, 0.29) is 43.4 Å². The lowest BCUT2D eigenvalue weighted by atomic mass is 9.98. The summed E-state index contributed by atoms with van der Waals surface area (Å²) in [5.41, 5.74) is 0.809. The van der Waals surface area contributed by atoms with Crippen molar-refractivity contribution in [2.75, 3.05) is 13.2 Å². The van der Waals surface area contributed by atoms with E-state index in [0.717, 1.165) is 24.8 Å². The van der Waals surface area contributed by atoms with Gasteiger partial charge in [0.15, 0.2) is 0 Å². The number of aliphatic hydroxyl groups excluding tert-OH is 1. The van der Waals surface area contributed by atoms with Gasteiger partial charge in [0.1, 0.15) is 6.10 Å². The molecule has 1 aromatic rings. The van der Waals surface area contributed by atoms with Crippen molar-refractivity contribution < 1.29 is 24.2 Å². The normalized spacial score (nSPS) is 22.3. The zero-order chi connectivity index (χ0) is 21.8. The van der Waals surface area contributed by atoms with Crippen molar-refractivity contribution in [1.82, 2.24) is 10.6 Å². The van der Waals surface area contributed by atoms with Crippen LogP contribution < -0.4 is 10.6 Å². The van der Waals surface area contributed by atoms with Gasteiger partial charge in [-0.15, -0.1) is 0 Å². The molecule has 164 valence electrons. The van der Waals surface area contributed by atoms with Crippen LogP contribution in [0.5, 0.6) is 0 Å². The van der Waals surface area contributed by atoms with E-state index in [0.29, 0.717) is 12.8 Å². The topological polar surface area (TPSA) is 105 Å². The lowest BCUT2D eigenvalue weighted by Crippen LogP contribution is -2.40. The van der Waals surface area contributed by atoms with Gasteiger partial charge >= 0.3 is 5.97 Å². The molecule has 30 heavy (non-hydrogen) atoms. The molecule has 0 saturated heterocycles. The first-order chi connectivity index (χ1) is 14.5. The minimum Gasteiger partial charge on any atom is -0.456 e. The Morgan fingerprint density at radius 3 is 2.73 bits per heavy atom. The SMILES string of the molecule is C[C@H](CO)NC(=O)C[C@H]1CC=CCCCCC(=O)O[C@@H](c2ccccc2)CNC1=O. The number of rotatable bonds is 5. The molecule has 0 spiro atoms. The van der Waals surface area contributed by atoms with E-state index in [4.69, 9.17) is 9.84 Å². The lowest BCUT2D eigenvalue weighted by Gasteiger charge is -2.22. The highest BCUT2D eigenvalue weighted by Crippen LogP contribution is 2.19. The number of carbonyl (C=O) groups excluding carboxylic acids is 3. The van der Waals surface area contributed by atoms with Crippen LogP contribution in [-0.4, -0.2) is 42.1 Å². The highest BCUT2D eigenvalue weighted by Gasteiger charge is 2.24. The maximum atomic E-state index is 12.8. The van der Waals surface area contributed by atoms with Crippen molar-refractivity contribution in [2.24, 2.45) is 5.92 Å². The van der Waals surface area contributed by atoms with E-state index in [2.05, 4.69) is 10.6 Å². The van der Waals surface area contributed by atoms with Crippen LogP contribution in [0.3, 0.4) is 0 Å². The standard InChI is InChI=1S/C23H32N2O5/c1-17(16-26)25-21(27)14-19-12-6-3-2-4-9-13-22(28)30-20(15-24-23(19)29)18-10-7-5-8-11-18/h3,5-8,10-11,17,19-20,26H,2,4,9,12-16H2,1H3,(H,24,29)(H,25,27)/t17-,19-,20-/m1/s1. The molecule has 0 bridgehead atoms. The van der Waals surface area contributed by atoms with E-state index >= 15 is 0 Å². The van der Waals surface area contributed by atoms with Gasteiger partial charge in [-0.05, 0) is 38.2 Å². The Kier molecular flexibility index (Phi) is 10.1. The molecule has 1 aromatic carbocycles. The Morgan fingerprint density at radius 2 is 2.00 bits per heavy atom. The number of allylic oxidation sites excluding steroid dienone is 2. The van der Waals surface area contributed by atoms with Gasteiger partial charge in [-0.3, -0.25) is 14.4 Å². The van der Waals surface area contributed by atoms with E-state index in [1.54, 1.807) is 6.92 Å². The van der Waals surface area contributed by atoms with Crippen LogP contribution in [0.2, 0.25) is 0 Å². The molecular weight excluding hydrogens is 384 g/mol. The Hall–Kier alpha value is -2.67. The smallest absolute Gasteiger partial charge is 0.306 e. The number of aliphatic hydroxyl groups is 1. The number of amides is 2. The van der Waals surface area contributed by atoms with Crippen molar-refractivity contribution >= 4 is 17.8 Å². The molecule has 2 amide bonds. The number of carbonyl (C=O) groups is 3. The minimum atomic E-state index is -0.579. The third-order valence-electron chi connectivity index (χ3n) is 4.98. The Morgan fingerprint density at radius 1 is 1.23 bits per heavy atom. The number of esters is 1. The molecule has 0 unspecified atom stereocenters. The molecule has 1 aliphatic heterocycles. The van der Waals surface area contributed by atoms with E-state index in [9.17, 15) is 14.4 Å². The van der Waals surface area contributed by atoms with Crippen LogP contribution in [0.4, 0.5) is 0 Å². The maximum absolute atomic E-state index is 12.8. The summed E-state index contributed by atoms with van der Waals surface area (Å²) >= 11 is 0. The van der Waals surface area contributed by atoms with E-state index in [1.807, 2.05) is 42.5 Å². The number of cyclic esters (lactones) is 1. The molecule has 1 heterocycles. The summed E-state index contributed by atoms with van der Waals surface area (Å²) in [5.74, 6) is -1.37. The molecule has 3 N–H and O–H groups in total. The summed E-state index contributed by atoms with van der Waals surface area (Å²) < 4.78 is 5.63. The van der Waals surface area contributed by atoms with Crippen LogP contribution in [0, 0.1) is 5.92 Å². The van der Waals surface area contributed by atoms with Crippen molar-refractivity contribution in [3.8, 4) is 0 Å². The molecular formula is C23H32N2O5. The van der Waals surface area contributed by atoms with Gasteiger partial charge in [-0.1, -0.05) is 42.5 Å². The second-order valence-corrected chi connectivity index (χ2v) is 7.64. The first kappa shape index (κ1) is 23.6. The molecule has 0 fully saturated rings. The fraction of sp³-hybridized carbons (Fsp3) is 0.522. The van der Waals surface area contributed by atoms with Gasteiger partial charge in [0.05, 0.1) is 19.1 Å². The molecule has 0 radical (unpaired) electrons. The van der Waals surface area contributed by atoms with Crippen LogP contribution in [0.25, 0.3) is 0 Å². The van der Waals surface area contributed by atoms with Crippen LogP contribution in [0.1, 0.15) is 57.1 Å². The number of hydrogen-bond donors (Lipinski definition) is 3. The molecule has 0 aromatic heterocycles. The van der Waals surface area contributed by atoms with Crippen molar-refractivity contribution in [3.05, 3.63) is 48.0 Å². The summed E-state index contributed by atoms with van der Waals surface area (Å²) in [6.07, 6.45) is 6.54. The van der Waals surface area contributed by atoms with Gasteiger partial charge < -0.3 is 20.5 Å². The summed E-state index contributed by atoms with van der Waals surface area (Å²) in [5, 5.41) is 14.6. The lowest BCUT2D eigenvalue weighted by molar-refractivity contribution is -0.150. The molecule has 0 saturated carbocycles. The molecule has 3 atom stereocenters. The third kappa shape index (κ3) is 8.37. The van der Waals surface area contributed by atoms with Gasteiger partial charge in [-0.25, -0.2) is 0 Å². The summed E-state index contributed by atoms with van der Waals surface area (Å²) in [7, 11) is 0. The van der Waals surface area contributed by atoms with Gasteiger partial charge in [0, 0.05) is 18.9 Å². The van der Waals surface area contributed by atoms with Crippen molar-refractivity contribution in [1.29, 1.82) is 0 Å². The van der Waals surface area contributed by atoms with Crippen molar-refractivity contribution in [3.63, 3.8) is 0 Å². The van der Waals surface area contributed by atoms with E-state index in [1.165, 1.54) is 0 Å². The summed E-state index contributed by atoms with van der Waals surface area (Å²) in [6, 6.07) is 8.94. The van der Waals surface area contributed by atoms with Crippen molar-refractivity contribution in [2.45, 2.75) is 57.6 Å². The fourth-order valence-corrected chi connectivity index (χ4v) is 3.25. The maximum Gasteiger partial charge on any atom is 0.306 e. The number of hydrogen-bond acceptors (Lipinski definition) is 5. The molecule has 7 heteroatoms. The molecule has 1 aliphatic rings. The zero-order valence-corrected chi connectivity index (χ0v) is 17.5. The second-order valence-electron chi connectivity index (χ2n) is 7.64. The van der Waals surface area contributed by atoms with Crippen LogP contribution >= 0.6 is 0 Å². The zero-order valence-electron chi connectivity index (χ0n) is 17.5. The average molecular weight is 417 g/mol. The first-order valence-electron chi connectivity index (χ1n) is 10.6. The Balaban J connectivity index is 2.11. The largest absolute Gasteiger partial charge is 0.456 e. The fourth-order valence-electron chi connectivity index (χ4n) is 3.25. The molecule has 7 nitrogen and oxygen atoms in total. The summed E-state index contributed by atoms with van der Waals surface area (Å²) in [6.45, 7) is 1.68. The van der Waals surface area contributed by atoms with E-state index < -0.39 is 12.0 Å². The number of ether oxygens (including phenoxy) is 1. The Bertz CT molecular complexity index is 720. The monoisotopic (exact) mass is 416 g/mol. The second kappa shape index (κ2) is 12.8. The van der Waals surface area contributed by atoms with Gasteiger partial charge in [-0.2, -0.15) is 0 Å². The third-order valence-corrected chi connectivity index (χ3v) is 4.98.